The minimum Gasteiger partial charge on any atom is -0.378 e. The number of nitro benzene ring substituents is 1. The molecule has 0 unspecified atom stereocenters. The van der Waals surface area contributed by atoms with Gasteiger partial charge in [-0.1, -0.05) is 17.7 Å². The molecule has 8 heteroatoms. The predicted molar refractivity (Wildman–Crippen MR) is 111 cm³/mol. The van der Waals surface area contributed by atoms with Crippen LogP contribution in [0.4, 0.5) is 5.69 Å². The van der Waals surface area contributed by atoms with Crippen molar-refractivity contribution < 1.29 is 14.7 Å². The number of nitrogens with zero attached hydrogens (tertiary/aromatic N) is 2. The van der Waals surface area contributed by atoms with Crippen molar-refractivity contribution >= 4 is 28.9 Å². The number of aryl methyl sites for hydroxylation is 1. The first-order valence-electron chi connectivity index (χ1n) is 9.08. The Bertz CT molecular complexity index is 860. The van der Waals surface area contributed by atoms with Crippen molar-refractivity contribution in [3.05, 3.63) is 75.3 Å². The molecule has 1 heterocycles. The molecule has 2 N–H and O–H groups in total. The fraction of sp³-hybridized carbons (Fsp3) is 0.300. The van der Waals surface area contributed by atoms with Gasteiger partial charge in [-0.05, 0) is 49.0 Å². The summed E-state index contributed by atoms with van der Waals surface area (Å²) < 4.78 is 5.39. The lowest BCUT2D eigenvalue weighted by atomic mass is 10.1. The van der Waals surface area contributed by atoms with E-state index in [1.807, 2.05) is 31.2 Å². The first kappa shape index (κ1) is 19.9. The van der Waals surface area contributed by atoms with Crippen molar-refractivity contribution in [3.63, 3.8) is 0 Å². The van der Waals surface area contributed by atoms with Gasteiger partial charge in [-0.3, -0.25) is 15.1 Å². The first-order valence-corrected chi connectivity index (χ1v) is 9.48. The summed E-state index contributed by atoms with van der Waals surface area (Å²) in [5, 5.41) is 14.8. The Morgan fingerprint density at radius 1 is 1.18 bits per heavy atom. The smallest absolute Gasteiger partial charge is 0.282 e. The minimum atomic E-state index is -0.399. The normalized spacial score (nSPS) is 14.6. The number of ether oxygens (including phenoxy) is 1. The van der Waals surface area contributed by atoms with Gasteiger partial charge in [0.15, 0.2) is 0 Å². The Hall–Kier alpha value is -2.84. The summed E-state index contributed by atoms with van der Waals surface area (Å²) in [6.07, 6.45) is 0. The first-order chi connectivity index (χ1) is 13.5. The average Bonchev–Trinajstić information content (AvgIpc) is 2.72. The number of benzene rings is 2. The Labute approximate surface area is 169 Å². The molecule has 1 aliphatic heterocycles. The second-order valence-electron chi connectivity index (χ2n) is 6.55. The molecule has 0 spiro atoms. The van der Waals surface area contributed by atoms with Crippen LogP contribution in [0.15, 0.2) is 48.5 Å². The molecule has 0 bridgehead atoms. The van der Waals surface area contributed by atoms with Crippen molar-refractivity contribution in [2.45, 2.75) is 13.5 Å². The maximum Gasteiger partial charge on any atom is 0.282 e. The van der Waals surface area contributed by atoms with E-state index in [1.165, 1.54) is 17.7 Å². The molecule has 2 aromatic carbocycles. The van der Waals surface area contributed by atoms with Crippen LogP contribution in [0.3, 0.4) is 0 Å². The van der Waals surface area contributed by atoms with Gasteiger partial charge >= 0.3 is 0 Å². The highest BCUT2D eigenvalue weighted by molar-refractivity contribution is 7.80. The van der Waals surface area contributed by atoms with E-state index in [1.54, 1.807) is 12.1 Å². The van der Waals surface area contributed by atoms with E-state index in [0.717, 1.165) is 30.1 Å². The molecule has 0 amide bonds. The van der Waals surface area contributed by atoms with Crippen LogP contribution in [0, 0.1) is 17.0 Å². The second kappa shape index (κ2) is 9.38. The number of nitro groups is 1. The molecule has 2 aromatic rings. The number of hydrogen-bond donors (Lipinski definition) is 2. The molecule has 3 rings (SSSR count). The SMILES string of the molecule is Cc1ccc(C(NC(=S)N2CCOCC2)=[NH+]Cc2ccc([N+](=O)[O-])cc2)cc1. The monoisotopic (exact) mass is 399 g/mol. The van der Waals surface area contributed by atoms with Crippen LogP contribution in [-0.4, -0.2) is 47.1 Å². The highest BCUT2D eigenvalue weighted by Crippen LogP contribution is 2.11. The maximum atomic E-state index is 10.8. The Morgan fingerprint density at radius 3 is 2.43 bits per heavy atom. The second-order valence-corrected chi connectivity index (χ2v) is 6.93. The summed E-state index contributed by atoms with van der Waals surface area (Å²) in [6.45, 7) is 5.40. The lowest BCUT2D eigenvalue weighted by molar-refractivity contribution is -0.476. The van der Waals surface area contributed by atoms with Crippen LogP contribution in [0.5, 0.6) is 0 Å². The molecular weight excluding hydrogens is 376 g/mol. The van der Waals surface area contributed by atoms with Crippen LogP contribution in [0.25, 0.3) is 0 Å². The number of non-ortho nitro benzene ring substituents is 1. The van der Waals surface area contributed by atoms with Crippen molar-refractivity contribution in [2.24, 2.45) is 0 Å². The Kier molecular flexibility index (Phi) is 6.67. The highest BCUT2D eigenvalue weighted by Gasteiger charge is 2.20. The zero-order valence-electron chi connectivity index (χ0n) is 15.7. The van der Waals surface area contributed by atoms with Gasteiger partial charge < -0.3 is 9.64 Å². The Morgan fingerprint density at radius 2 is 1.82 bits per heavy atom. The summed E-state index contributed by atoms with van der Waals surface area (Å²) in [5.41, 5.74) is 3.18. The summed E-state index contributed by atoms with van der Waals surface area (Å²) >= 11 is 5.58. The summed E-state index contributed by atoms with van der Waals surface area (Å²) in [4.78, 5) is 15.9. The van der Waals surface area contributed by atoms with Crippen LogP contribution < -0.4 is 10.3 Å². The van der Waals surface area contributed by atoms with E-state index in [-0.39, 0.29) is 5.69 Å². The lowest BCUT2D eigenvalue weighted by Crippen LogP contribution is -2.75. The van der Waals surface area contributed by atoms with Gasteiger partial charge in [0.25, 0.3) is 16.6 Å². The van der Waals surface area contributed by atoms with Gasteiger partial charge in [-0.2, -0.15) is 0 Å². The number of amidine groups is 1. The summed E-state index contributed by atoms with van der Waals surface area (Å²) in [6, 6.07) is 14.7. The summed E-state index contributed by atoms with van der Waals surface area (Å²) in [5.74, 6) is 0.801. The quantitative estimate of drug-likeness (QED) is 0.264. The fourth-order valence-electron chi connectivity index (χ4n) is 2.82. The van der Waals surface area contributed by atoms with Crippen LogP contribution >= 0.6 is 12.2 Å². The number of nitrogens with one attached hydrogen (secondary N) is 2. The van der Waals surface area contributed by atoms with Gasteiger partial charge in [0.2, 0.25) is 0 Å². The van der Waals surface area contributed by atoms with E-state index in [0.29, 0.717) is 24.9 Å². The topological polar surface area (TPSA) is 81.6 Å². The molecule has 1 aliphatic rings. The van der Waals surface area contributed by atoms with Crippen molar-refractivity contribution in [1.29, 1.82) is 0 Å². The minimum absolute atomic E-state index is 0.0816. The van der Waals surface area contributed by atoms with Crippen molar-refractivity contribution in [3.8, 4) is 0 Å². The maximum absolute atomic E-state index is 10.8. The predicted octanol–water partition coefficient (Wildman–Crippen LogP) is 1.14. The molecule has 0 aliphatic carbocycles. The number of morpholine rings is 1. The zero-order chi connectivity index (χ0) is 19.9. The zero-order valence-corrected chi connectivity index (χ0v) is 16.5. The lowest BCUT2D eigenvalue weighted by Gasteiger charge is -2.26. The third-order valence-electron chi connectivity index (χ3n) is 4.49. The van der Waals surface area contributed by atoms with Crippen molar-refractivity contribution in [1.82, 2.24) is 10.2 Å². The third kappa shape index (κ3) is 5.34. The standard InChI is InChI=1S/C20H22N4O3S/c1-15-2-6-17(7-3-15)19(22-20(28)23-10-12-27-13-11-23)21-14-16-4-8-18(9-5-16)24(25)26/h2-9H,10-14H2,1H3,(H,21,22,28)/p+1. The average molecular weight is 399 g/mol. The Balaban J connectivity index is 1.78. The van der Waals surface area contributed by atoms with Gasteiger partial charge in [0, 0.05) is 25.2 Å². The van der Waals surface area contributed by atoms with E-state index >= 15 is 0 Å². The number of rotatable bonds is 4. The largest absolute Gasteiger partial charge is 0.378 e. The van der Waals surface area contributed by atoms with Crippen LogP contribution in [0.2, 0.25) is 0 Å². The molecule has 0 aromatic heterocycles. The van der Waals surface area contributed by atoms with Crippen LogP contribution in [0.1, 0.15) is 16.7 Å². The fourth-order valence-corrected chi connectivity index (χ4v) is 3.10. The van der Waals surface area contributed by atoms with E-state index in [9.17, 15) is 10.1 Å². The molecule has 0 radical (unpaired) electrons. The van der Waals surface area contributed by atoms with Crippen molar-refractivity contribution in [2.75, 3.05) is 26.3 Å². The van der Waals surface area contributed by atoms with Gasteiger partial charge in [-0.25, -0.2) is 5.32 Å². The molecule has 28 heavy (non-hydrogen) atoms. The molecule has 0 saturated carbocycles. The van der Waals surface area contributed by atoms with E-state index in [4.69, 9.17) is 17.0 Å². The van der Waals surface area contributed by atoms with Gasteiger partial charge in [0.1, 0.15) is 6.54 Å². The molecule has 146 valence electrons. The molecule has 1 fully saturated rings. The molecular formula is C20H23N4O3S+. The number of thiocarbonyl (C=S) groups is 1. The van der Waals surface area contributed by atoms with Gasteiger partial charge in [0.05, 0.1) is 23.7 Å². The van der Waals surface area contributed by atoms with E-state index in [2.05, 4.69) is 15.2 Å². The molecule has 0 atom stereocenters. The van der Waals surface area contributed by atoms with Crippen LogP contribution in [-0.2, 0) is 11.3 Å². The summed E-state index contributed by atoms with van der Waals surface area (Å²) in [7, 11) is 0. The van der Waals surface area contributed by atoms with Gasteiger partial charge in [-0.15, -0.1) is 0 Å². The molecule has 7 nitrogen and oxygen atoms in total. The third-order valence-corrected chi connectivity index (χ3v) is 4.85. The molecule has 1 saturated heterocycles. The number of hydrogen-bond acceptors (Lipinski definition) is 4. The highest BCUT2D eigenvalue weighted by atomic mass is 32.1. The van der Waals surface area contributed by atoms with E-state index < -0.39 is 4.92 Å².